The first-order chi connectivity index (χ1) is 11.6. The molecule has 1 aromatic heterocycles. The molecular weight excluding hydrogens is 326 g/mol. The number of anilines is 1. The summed E-state index contributed by atoms with van der Waals surface area (Å²) in [7, 11) is 0. The van der Waals surface area contributed by atoms with Crippen molar-refractivity contribution in [2.24, 2.45) is 0 Å². The largest absolute Gasteiger partial charge is 0.337 e. The van der Waals surface area contributed by atoms with E-state index in [1.807, 2.05) is 0 Å². The summed E-state index contributed by atoms with van der Waals surface area (Å²) in [5.41, 5.74) is 1.00. The highest BCUT2D eigenvalue weighted by Crippen LogP contribution is 2.21. The number of likely N-dealkylation sites (tertiary alicyclic amines) is 1. The summed E-state index contributed by atoms with van der Waals surface area (Å²) in [5, 5.41) is 3.16. The Morgan fingerprint density at radius 2 is 1.67 bits per heavy atom. The van der Waals surface area contributed by atoms with Crippen molar-refractivity contribution in [3.8, 4) is 0 Å². The molecule has 0 radical (unpaired) electrons. The Morgan fingerprint density at radius 3 is 2.42 bits per heavy atom. The van der Waals surface area contributed by atoms with Gasteiger partial charge < -0.3 is 10.2 Å². The third-order valence-corrected chi connectivity index (χ3v) is 4.30. The van der Waals surface area contributed by atoms with E-state index in [9.17, 15) is 9.59 Å². The number of rotatable bonds is 3. The average Bonchev–Trinajstić information content (AvgIpc) is 2.64. The van der Waals surface area contributed by atoms with Crippen molar-refractivity contribution in [3.63, 3.8) is 0 Å². The molecule has 2 aromatic rings. The summed E-state index contributed by atoms with van der Waals surface area (Å²) in [6, 6.07) is 11.9. The quantitative estimate of drug-likeness (QED) is 0.926. The van der Waals surface area contributed by atoms with Gasteiger partial charge in [0.15, 0.2) is 0 Å². The van der Waals surface area contributed by atoms with Gasteiger partial charge in [-0.1, -0.05) is 29.8 Å². The molecule has 1 aliphatic rings. The molecule has 24 heavy (non-hydrogen) atoms. The predicted molar refractivity (Wildman–Crippen MR) is 93.4 cm³/mol. The smallest absolute Gasteiger partial charge is 0.274 e. The van der Waals surface area contributed by atoms with Crippen molar-refractivity contribution in [1.82, 2.24) is 9.88 Å². The average molecular weight is 344 g/mol. The van der Waals surface area contributed by atoms with Gasteiger partial charge in [0.25, 0.3) is 11.8 Å². The summed E-state index contributed by atoms with van der Waals surface area (Å²) < 4.78 is 0. The van der Waals surface area contributed by atoms with Gasteiger partial charge in [0.2, 0.25) is 0 Å². The maximum Gasteiger partial charge on any atom is 0.274 e. The van der Waals surface area contributed by atoms with Crippen LogP contribution in [0.3, 0.4) is 0 Å². The number of piperidine rings is 1. The Morgan fingerprint density at radius 1 is 0.958 bits per heavy atom. The van der Waals surface area contributed by atoms with Gasteiger partial charge >= 0.3 is 0 Å². The van der Waals surface area contributed by atoms with Gasteiger partial charge in [-0.25, -0.2) is 4.98 Å². The number of hydrogen-bond acceptors (Lipinski definition) is 3. The molecule has 1 fully saturated rings. The number of nitrogens with zero attached hydrogens (tertiary/aromatic N) is 2. The monoisotopic (exact) mass is 343 g/mol. The van der Waals surface area contributed by atoms with Crippen molar-refractivity contribution in [2.75, 3.05) is 18.4 Å². The molecule has 0 unspecified atom stereocenters. The number of carbonyl (C=O) groups is 2. The minimum Gasteiger partial charge on any atom is -0.337 e. The Balaban J connectivity index is 1.76. The van der Waals surface area contributed by atoms with Gasteiger partial charge in [-0.2, -0.15) is 0 Å². The van der Waals surface area contributed by atoms with E-state index < -0.39 is 5.91 Å². The number of para-hydroxylation sites is 1. The van der Waals surface area contributed by atoms with Gasteiger partial charge in [-0.05, 0) is 43.5 Å². The van der Waals surface area contributed by atoms with Crippen molar-refractivity contribution in [3.05, 3.63) is 58.9 Å². The Kier molecular flexibility index (Phi) is 5.11. The van der Waals surface area contributed by atoms with Crippen LogP contribution in [0, 0.1) is 0 Å². The van der Waals surface area contributed by atoms with Crippen molar-refractivity contribution in [1.29, 1.82) is 0 Å². The maximum atomic E-state index is 12.5. The molecule has 1 aliphatic heterocycles. The Bertz CT molecular complexity index is 757. The summed E-state index contributed by atoms with van der Waals surface area (Å²) in [4.78, 5) is 30.9. The second-order valence-electron chi connectivity index (χ2n) is 5.69. The second-order valence-corrected chi connectivity index (χ2v) is 6.10. The number of pyridine rings is 1. The molecule has 1 N–H and O–H groups in total. The van der Waals surface area contributed by atoms with Crippen LogP contribution in [0.1, 0.15) is 40.2 Å². The van der Waals surface area contributed by atoms with Crippen LogP contribution in [0.5, 0.6) is 0 Å². The van der Waals surface area contributed by atoms with E-state index >= 15 is 0 Å². The molecule has 3 rings (SSSR count). The summed E-state index contributed by atoms with van der Waals surface area (Å²) >= 11 is 6.04. The van der Waals surface area contributed by atoms with Crippen LogP contribution in [0.25, 0.3) is 0 Å². The summed E-state index contributed by atoms with van der Waals surface area (Å²) in [6.07, 6.45) is 3.17. The fourth-order valence-electron chi connectivity index (χ4n) is 2.69. The zero-order valence-corrected chi connectivity index (χ0v) is 13.9. The normalized spacial score (nSPS) is 14.3. The predicted octanol–water partition coefficient (Wildman–Crippen LogP) is 3.61. The van der Waals surface area contributed by atoms with E-state index in [-0.39, 0.29) is 11.6 Å². The first-order valence-electron chi connectivity index (χ1n) is 7.97. The molecule has 0 atom stereocenters. The zero-order valence-electron chi connectivity index (χ0n) is 13.2. The van der Waals surface area contributed by atoms with Crippen molar-refractivity contribution < 1.29 is 9.59 Å². The molecule has 0 aliphatic carbocycles. The highest BCUT2D eigenvalue weighted by atomic mass is 35.5. The van der Waals surface area contributed by atoms with Crippen LogP contribution in [-0.2, 0) is 0 Å². The lowest BCUT2D eigenvalue weighted by Gasteiger charge is -2.26. The minimum atomic E-state index is -0.392. The van der Waals surface area contributed by atoms with Gasteiger partial charge in [-0.3, -0.25) is 9.59 Å². The number of aromatic nitrogens is 1. The van der Waals surface area contributed by atoms with Crippen LogP contribution in [0.4, 0.5) is 5.69 Å². The van der Waals surface area contributed by atoms with Crippen LogP contribution in [0.2, 0.25) is 5.02 Å². The van der Waals surface area contributed by atoms with Crippen molar-refractivity contribution in [2.45, 2.75) is 19.3 Å². The molecule has 6 heteroatoms. The van der Waals surface area contributed by atoms with E-state index in [2.05, 4.69) is 10.3 Å². The number of nitrogens with one attached hydrogen (secondary N) is 1. The Hall–Kier alpha value is -2.40. The van der Waals surface area contributed by atoms with Crippen molar-refractivity contribution >= 4 is 29.1 Å². The fourth-order valence-corrected chi connectivity index (χ4v) is 2.87. The van der Waals surface area contributed by atoms with E-state index in [1.54, 1.807) is 47.4 Å². The molecule has 1 aromatic carbocycles. The number of hydrogen-bond donors (Lipinski definition) is 1. The lowest BCUT2D eigenvalue weighted by molar-refractivity contribution is 0.0718. The minimum absolute atomic E-state index is 0.123. The molecule has 0 spiro atoms. The second kappa shape index (κ2) is 7.45. The molecule has 0 saturated carbocycles. The molecule has 1 saturated heterocycles. The van der Waals surface area contributed by atoms with Crippen LogP contribution < -0.4 is 5.32 Å². The molecule has 2 heterocycles. The van der Waals surface area contributed by atoms with Crippen LogP contribution in [0.15, 0.2) is 42.5 Å². The maximum absolute atomic E-state index is 12.5. The van der Waals surface area contributed by atoms with Crippen LogP contribution >= 0.6 is 11.6 Å². The first-order valence-corrected chi connectivity index (χ1v) is 8.35. The van der Waals surface area contributed by atoms with Gasteiger partial charge in [0.1, 0.15) is 11.4 Å². The number of carbonyl (C=O) groups excluding carboxylic acids is 2. The van der Waals surface area contributed by atoms with E-state index in [0.29, 0.717) is 16.4 Å². The van der Waals surface area contributed by atoms with E-state index in [4.69, 9.17) is 11.6 Å². The first kappa shape index (κ1) is 16.5. The molecule has 5 nitrogen and oxygen atoms in total. The Labute approximate surface area is 145 Å². The summed E-state index contributed by atoms with van der Waals surface area (Å²) in [6.45, 7) is 1.49. The van der Waals surface area contributed by atoms with Gasteiger partial charge in [0.05, 0.1) is 10.7 Å². The number of halogens is 1. The molecular formula is C18H18ClN3O2. The van der Waals surface area contributed by atoms with E-state index in [1.165, 1.54) is 0 Å². The SMILES string of the molecule is O=C(Nc1ccccc1Cl)c1cccc(C(=O)N2CCCCC2)n1. The fraction of sp³-hybridized carbons (Fsp3) is 0.278. The zero-order chi connectivity index (χ0) is 16.9. The third-order valence-electron chi connectivity index (χ3n) is 3.97. The lowest BCUT2D eigenvalue weighted by Crippen LogP contribution is -2.36. The topological polar surface area (TPSA) is 62.3 Å². The standard InChI is InChI=1S/C18H18ClN3O2/c19-13-7-2-3-8-14(13)21-17(23)15-9-6-10-16(20-15)18(24)22-11-4-1-5-12-22/h2-3,6-10H,1,4-5,11-12H2,(H,21,23). The summed E-state index contributed by atoms with van der Waals surface area (Å²) in [5.74, 6) is -0.515. The third kappa shape index (κ3) is 3.74. The lowest BCUT2D eigenvalue weighted by atomic mass is 10.1. The molecule has 2 amide bonds. The van der Waals surface area contributed by atoms with Gasteiger partial charge in [-0.15, -0.1) is 0 Å². The molecule has 0 bridgehead atoms. The van der Waals surface area contributed by atoms with Gasteiger partial charge in [0, 0.05) is 13.1 Å². The van der Waals surface area contributed by atoms with Crippen LogP contribution in [-0.4, -0.2) is 34.8 Å². The molecule has 124 valence electrons. The number of benzene rings is 1. The van der Waals surface area contributed by atoms with E-state index in [0.717, 1.165) is 32.4 Å². The highest BCUT2D eigenvalue weighted by molar-refractivity contribution is 6.33. The number of amides is 2. The highest BCUT2D eigenvalue weighted by Gasteiger charge is 2.20.